The molecule has 0 radical (unpaired) electrons. The Kier molecular flexibility index (Phi) is 6.58. The summed E-state index contributed by atoms with van der Waals surface area (Å²) in [6.07, 6.45) is 0. The first-order chi connectivity index (χ1) is 15.9. The number of nitrogens with one attached hydrogen (secondary N) is 1. The van der Waals surface area contributed by atoms with Crippen molar-refractivity contribution in [2.75, 3.05) is 38.7 Å². The molecule has 2 N–H and O–H groups in total. The van der Waals surface area contributed by atoms with Crippen LogP contribution in [0.1, 0.15) is 17.0 Å². The highest BCUT2D eigenvalue weighted by atomic mass is 19.1. The van der Waals surface area contributed by atoms with Gasteiger partial charge >= 0.3 is 6.03 Å². The summed E-state index contributed by atoms with van der Waals surface area (Å²) in [5.74, 6) is 3.91. The van der Waals surface area contributed by atoms with Gasteiger partial charge in [0, 0.05) is 31.2 Å². The first kappa shape index (κ1) is 22.7. The van der Waals surface area contributed by atoms with Crippen LogP contribution in [0.2, 0.25) is 0 Å². The van der Waals surface area contributed by atoms with Gasteiger partial charge in [-0.05, 0) is 29.8 Å². The Hall–Kier alpha value is -3.48. The summed E-state index contributed by atoms with van der Waals surface area (Å²) in [5.41, 5.74) is 1.43. The third-order valence-corrected chi connectivity index (χ3v) is 5.95. The van der Waals surface area contributed by atoms with Crippen LogP contribution in [0.4, 0.5) is 19.3 Å². The molecule has 2 aliphatic heterocycles. The number of urea groups is 1. The van der Waals surface area contributed by atoms with E-state index in [1.807, 2.05) is 24.3 Å². The van der Waals surface area contributed by atoms with E-state index in [-0.39, 0.29) is 49.3 Å². The van der Waals surface area contributed by atoms with E-state index in [9.17, 15) is 23.5 Å². The zero-order valence-corrected chi connectivity index (χ0v) is 17.9. The summed E-state index contributed by atoms with van der Waals surface area (Å²) in [6, 6.07) is 8.85. The summed E-state index contributed by atoms with van der Waals surface area (Å²) < 4.78 is 32.3. The number of methoxy groups -OCH3 is 1. The van der Waals surface area contributed by atoms with Crippen molar-refractivity contribution in [1.29, 1.82) is 0 Å². The van der Waals surface area contributed by atoms with Crippen molar-refractivity contribution in [3.05, 3.63) is 65.2 Å². The lowest BCUT2D eigenvalue weighted by Crippen LogP contribution is -2.73. The molecule has 3 atom stereocenters. The standard InChI is InChI=1S/C24H23F2N3O4/c1-33-10-2-3-15-4-6-16(7-5-15)23-20-12-28(13-22(31)29(20)21(23)14-30)24(32)27-19-11-17(25)8-9-18(19)26/h4-9,11,20-21,23,30H,10,12-14H2,1H3,(H,27,32)/t20-,21+,23+/m0/s1. The molecular weight excluding hydrogens is 432 g/mol. The van der Waals surface area contributed by atoms with E-state index in [1.165, 1.54) is 4.90 Å². The van der Waals surface area contributed by atoms with Gasteiger partial charge in [0.1, 0.15) is 24.8 Å². The molecule has 7 nitrogen and oxygen atoms in total. The molecule has 2 aromatic rings. The van der Waals surface area contributed by atoms with Gasteiger partial charge in [0.25, 0.3) is 0 Å². The summed E-state index contributed by atoms with van der Waals surface area (Å²) in [7, 11) is 1.57. The molecule has 0 spiro atoms. The first-order valence-electron chi connectivity index (χ1n) is 10.4. The minimum absolute atomic E-state index is 0.179. The number of anilines is 1. The molecule has 0 aliphatic carbocycles. The number of hydrogen-bond donors (Lipinski definition) is 2. The van der Waals surface area contributed by atoms with E-state index < -0.39 is 17.7 Å². The van der Waals surface area contributed by atoms with Gasteiger partial charge in [-0.15, -0.1) is 0 Å². The highest BCUT2D eigenvalue weighted by Crippen LogP contribution is 2.43. The Labute approximate surface area is 189 Å². The third kappa shape index (κ3) is 4.53. The van der Waals surface area contributed by atoms with Crippen LogP contribution in [0.15, 0.2) is 42.5 Å². The normalized spacial score (nSPS) is 21.6. The second-order valence-corrected chi connectivity index (χ2v) is 7.94. The number of carbonyl (C=O) groups is 2. The number of piperazine rings is 1. The number of rotatable bonds is 4. The zero-order chi connectivity index (χ0) is 23.5. The van der Waals surface area contributed by atoms with Crippen LogP contribution in [0.5, 0.6) is 0 Å². The number of amides is 3. The second-order valence-electron chi connectivity index (χ2n) is 7.94. The maximum atomic E-state index is 13.9. The summed E-state index contributed by atoms with van der Waals surface area (Å²) in [5, 5.41) is 12.2. The van der Waals surface area contributed by atoms with Crippen molar-refractivity contribution in [3.63, 3.8) is 0 Å². The molecule has 3 amide bonds. The molecule has 4 rings (SSSR count). The Bertz CT molecular complexity index is 1110. The van der Waals surface area contributed by atoms with E-state index in [1.54, 1.807) is 12.0 Å². The topological polar surface area (TPSA) is 82.1 Å². The van der Waals surface area contributed by atoms with Crippen molar-refractivity contribution in [3.8, 4) is 11.8 Å². The highest BCUT2D eigenvalue weighted by Gasteiger charge is 2.54. The minimum Gasteiger partial charge on any atom is -0.394 e. The number of nitrogens with zero attached hydrogens (tertiary/aromatic N) is 2. The van der Waals surface area contributed by atoms with Crippen molar-refractivity contribution >= 4 is 17.6 Å². The maximum absolute atomic E-state index is 13.9. The van der Waals surface area contributed by atoms with Gasteiger partial charge < -0.3 is 25.0 Å². The molecule has 2 fully saturated rings. The fraction of sp³-hybridized carbons (Fsp3) is 0.333. The van der Waals surface area contributed by atoms with Gasteiger partial charge in [-0.2, -0.15) is 0 Å². The van der Waals surface area contributed by atoms with Crippen LogP contribution in [0.25, 0.3) is 0 Å². The average molecular weight is 455 g/mol. The van der Waals surface area contributed by atoms with Gasteiger partial charge in [-0.25, -0.2) is 13.6 Å². The van der Waals surface area contributed by atoms with Gasteiger partial charge in [-0.1, -0.05) is 24.0 Å². The lowest BCUT2D eigenvalue weighted by Gasteiger charge is -2.58. The minimum atomic E-state index is -0.773. The van der Waals surface area contributed by atoms with E-state index in [2.05, 4.69) is 17.2 Å². The monoisotopic (exact) mass is 455 g/mol. The van der Waals surface area contributed by atoms with E-state index in [0.717, 1.165) is 29.3 Å². The summed E-state index contributed by atoms with van der Waals surface area (Å²) >= 11 is 0. The number of aliphatic hydroxyl groups is 1. The van der Waals surface area contributed by atoms with E-state index >= 15 is 0 Å². The SMILES string of the molecule is COCC#Cc1ccc([C@H]2[C@@H](CO)N3C(=O)CN(C(=O)Nc4cc(F)ccc4F)C[C@@H]23)cc1. The molecule has 172 valence electrons. The van der Waals surface area contributed by atoms with Crippen LogP contribution in [0, 0.1) is 23.5 Å². The van der Waals surface area contributed by atoms with Crippen molar-refractivity contribution in [2.45, 2.75) is 18.0 Å². The Morgan fingerprint density at radius 2 is 2.00 bits per heavy atom. The zero-order valence-electron chi connectivity index (χ0n) is 17.9. The fourth-order valence-electron chi connectivity index (χ4n) is 4.44. The number of ether oxygens (including phenoxy) is 1. The van der Waals surface area contributed by atoms with Crippen LogP contribution in [-0.4, -0.2) is 72.3 Å². The highest BCUT2D eigenvalue weighted by molar-refractivity contribution is 5.94. The third-order valence-electron chi connectivity index (χ3n) is 5.95. The maximum Gasteiger partial charge on any atom is 0.322 e. The van der Waals surface area contributed by atoms with Crippen LogP contribution >= 0.6 is 0 Å². The number of benzene rings is 2. The quantitative estimate of drug-likeness (QED) is 0.693. The number of carbonyl (C=O) groups excluding carboxylic acids is 2. The summed E-state index contributed by atoms with van der Waals surface area (Å²) in [4.78, 5) is 28.3. The molecule has 2 aromatic carbocycles. The molecular formula is C24H23F2N3O4. The van der Waals surface area contributed by atoms with Gasteiger partial charge in [-0.3, -0.25) is 4.79 Å². The second kappa shape index (κ2) is 9.57. The molecule has 2 heterocycles. The van der Waals surface area contributed by atoms with Crippen molar-refractivity contribution in [2.24, 2.45) is 0 Å². The molecule has 0 bridgehead atoms. The predicted octanol–water partition coefficient (Wildman–Crippen LogP) is 2.17. The predicted molar refractivity (Wildman–Crippen MR) is 116 cm³/mol. The summed E-state index contributed by atoms with van der Waals surface area (Å²) in [6.45, 7) is 0.109. The average Bonchev–Trinajstić information content (AvgIpc) is 2.78. The number of fused-ring (bicyclic) bond motifs is 1. The number of aliphatic hydroxyl groups excluding tert-OH is 1. The molecule has 2 aliphatic rings. The largest absolute Gasteiger partial charge is 0.394 e. The van der Waals surface area contributed by atoms with Crippen molar-refractivity contribution < 1.29 is 28.2 Å². The van der Waals surface area contributed by atoms with Gasteiger partial charge in [0.2, 0.25) is 5.91 Å². The molecule has 33 heavy (non-hydrogen) atoms. The van der Waals surface area contributed by atoms with Gasteiger partial charge in [0.15, 0.2) is 0 Å². The van der Waals surface area contributed by atoms with E-state index in [0.29, 0.717) is 6.61 Å². The van der Waals surface area contributed by atoms with Crippen LogP contribution < -0.4 is 5.32 Å². The van der Waals surface area contributed by atoms with Crippen LogP contribution in [0.3, 0.4) is 0 Å². The van der Waals surface area contributed by atoms with Gasteiger partial charge in [0.05, 0.1) is 24.4 Å². The number of hydrogen-bond acceptors (Lipinski definition) is 4. The fourth-order valence-corrected chi connectivity index (χ4v) is 4.44. The molecule has 0 unspecified atom stereocenters. The van der Waals surface area contributed by atoms with E-state index in [4.69, 9.17) is 4.74 Å². The lowest BCUT2D eigenvalue weighted by molar-refractivity contribution is -0.159. The Morgan fingerprint density at radius 3 is 2.70 bits per heavy atom. The lowest BCUT2D eigenvalue weighted by atomic mass is 9.73. The number of halogens is 2. The smallest absolute Gasteiger partial charge is 0.322 e. The molecule has 2 saturated heterocycles. The van der Waals surface area contributed by atoms with Crippen molar-refractivity contribution in [1.82, 2.24) is 9.80 Å². The Balaban J connectivity index is 1.50. The van der Waals surface area contributed by atoms with Crippen LogP contribution in [-0.2, 0) is 9.53 Å². The molecule has 9 heteroatoms. The first-order valence-corrected chi connectivity index (χ1v) is 10.4. The molecule has 0 aromatic heterocycles. The Morgan fingerprint density at radius 1 is 1.24 bits per heavy atom. The molecule has 0 saturated carbocycles.